The zero-order valence-corrected chi connectivity index (χ0v) is 19.1. The van der Waals surface area contributed by atoms with E-state index in [2.05, 4.69) is 25.7 Å². The van der Waals surface area contributed by atoms with Crippen molar-refractivity contribution in [2.45, 2.75) is 32.2 Å². The van der Waals surface area contributed by atoms with E-state index in [0.717, 1.165) is 18.4 Å². The van der Waals surface area contributed by atoms with Crippen molar-refractivity contribution in [1.29, 1.82) is 0 Å². The lowest BCUT2D eigenvalue weighted by molar-refractivity contribution is -0.119. The van der Waals surface area contributed by atoms with Gasteiger partial charge in [0.25, 0.3) is 11.5 Å². The molecule has 0 unspecified atom stereocenters. The van der Waals surface area contributed by atoms with Gasteiger partial charge in [-0.1, -0.05) is 30.2 Å². The minimum atomic E-state index is -0.278. The number of ketones is 1. The van der Waals surface area contributed by atoms with Crippen LogP contribution in [0.25, 0.3) is 22.3 Å². The van der Waals surface area contributed by atoms with Gasteiger partial charge in [-0.3, -0.25) is 19.0 Å². The normalized spacial score (nSPS) is 11.0. The fraction of sp³-hybridized carbons (Fsp3) is 0.250. The minimum absolute atomic E-state index is 0.00596. The van der Waals surface area contributed by atoms with E-state index in [1.165, 1.54) is 17.0 Å². The molecule has 4 rings (SSSR count). The molecule has 0 aliphatic heterocycles. The van der Waals surface area contributed by atoms with Crippen LogP contribution in [-0.4, -0.2) is 43.2 Å². The molecule has 0 aliphatic rings. The van der Waals surface area contributed by atoms with Crippen LogP contribution in [0.3, 0.4) is 0 Å². The van der Waals surface area contributed by atoms with E-state index in [9.17, 15) is 14.4 Å². The topological polar surface area (TPSA) is 123 Å². The number of unbranched alkanes of at least 4 members (excludes halogenated alkanes) is 2. The maximum absolute atomic E-state index is 12.4. The van der Waals surface area contributed by atoms with E-state index >= 15 is 0 Å². The van der Waals surface area contributed by atoms with Gasteiger partial charge >= 0.3 is 0 Å². The second-order valence-electron chi connectivity index (χ2n) is 7.88. The summed E-state index contributed by atoms with van der Waals surface area (Å²) in [6, 6.07) is 13.6. The smallest absolute Gasteiger partial charge is 0.254 e. The number of Topliss-reactive ketones (excluding diaryl/α,β-unsaturated/α-hetero) is 1. The van der Waals surface area contributed by atoms with Crippen molar-refractivity contribution in [3.63, 3.8) is 0 Å². The Morgan fingerprint density at radius 3 is 2.56 bits per heavy atom. The summed E-state index contributed by atoms with van der Waals surface area (Å²) in [6.45, 7) is 0.507. The van der Waals surface area contributed by atoms with Crippen LogP contribution in [0.5, 0.6) is 0 Å². The third-order valence-corrected chi connectivity index (χ3v) is 5.61. The zero-order chi connectivity index (χ0) is 23.9. The molecule has 174 valence electrons. The number of nitrogens with one attached hydrogen (secondary N) is 2. The summed E-state index contributed by atoms with van der Waals surface area (Å²) in [5.41, 5.74) is 2.91. The number of carbonyl (C=O) groups excluding carboxylic acids is 2. The summed E-state index contributed by atoms with van der Waals surface area (Å²) in [5, 5.41) is 13.9. The van der Waals surface area contributed by atoms with Gasteiger partial charge in [0, 0.05) is 35.2 Å². The molecule has 0 bridgehead atoms. The molecule has 1 amide bonds. The number of H-pyrrole nitrogens is 1. The number of aromatic amines is 1. The summed E-state index contributed by atoms with van der Waals surface area (Å²) in [4.78, 5) is 41.2. The van der Waals surface area contributed by atoms with Crippen molar-refractivity contribution in [1.82, 2.24) is 30.3 Å². The molecule has 0 spiro atoms. The quantitative estimate of drug-likeness (QED) is 0.337. The first-order chi connectivity index (χ1) is 16.5. The van der Waals surface area contributed by atoms with Gasteiger partial charge in [-0.05, 0) is 43.2 Å². The van der Waals surface area contributed by atoms with Crippen LogP contribution >= 0.6 is 11.6 Å². The largest absolute Gasteiger partial charge is 0.352 e. The molecule has 9 nitrogen and oxygen atoms in total. The highest BCUT2D eigenvalue weighted by molar-refractivity contribution is 6.30. The van der Waals surface area contributed by atoms with Crippen LogP contribution in [-0.2, 0) is 11.3 Å². The standard InChI is InChI=1S/C24H23ClN6O3/c25-18-8-5-16(6-9-18)21-13-23(33)31(15-27-21)14-19(32)4-2-1-3-11-26-24(34)17-7-10-20-22(12-17)29-30-28-20/h5-10,12-13,15H,1-4,11,14H2,(H,26,34)(H,28,29,30). The van der Waals surface area contributed by atoms with Crippen LogP contribution in [0.1, 0.15) is 36.0 Å². The number of aromatic nitrogens is 5. The summed E-state index contributed by atoms with van der Waals surface area (Å²) in [6.07, 6.45) is 3.99. The summed E-state index contributed by atoms with van der Waals surface area (Å²) in [7, 11) is 0. The Kier molecular flexibility index (Phi) is 7.44. The number of hydrogen-bond donors (Lipinski definition) is 2. The molecule has 34 heavy (non-hydrogen) atoms. The third kappa shape index (κ3) is 5.93. The first-order valence-electron chi connectivity index (χ1n) is 10.9. The van der Waals surface area contributed by atoms with Gasteiger partial charge in [-0.15, -0.1) is 0 Å². The van der Waals surface area contributed by atoms with Gasteiger partial charge in [0.1, 0.15) is 11.0 Å². The van der Waals surface area contributed by atoms with Gasteiger partial charge in [0.05, 0.1) is 18.6 Å². The van der Waals surface area contributed by atoms with Crippen LogP contribution in [0.15, 0.2) is 59.7 Å². The number of carbonyl (C=O) groups is 2. The number of fused-ring (bicyclic) bond motifs is 1. The zero-order valence-electron chi connectivity index (χ0n) is 18.3. The number of rotatable bonds is 10. The number of benzene rings is 2. The first kappa shape index (κ1) is 23.3. The third-order valence-electron chi connectivity index (χ3n) is 5.36. The summed E-state index contributed by atoms with van der Waals surface area (Å²) in [5.74, 6) is -0.206. The SMILES string of the molecule is O=C(CCCCCNC(=O)c1ccc2n[nH]nc2c1)Cn1cnc(-c2ccc(Cl)cc2)cc1=O. The predicted molar refractivity (Wildman–Crippen MR) is 129 cm³/mol. The van der Waals surface area contributed by atoms with Crippen molar-refractivity contribution in [3.05, 3.63) is 75.8 Å². The lowest BCUT2D eigenvalue weighted by Gasteiger charge is -2.07. The van der Waals surface area contributed by atoms with Crippen LogP contribution in [0.4, 0.5) is 0 Å². The maximum atomic E-state index is 12.4. The van der Waals surface area contributed by atoms with Gasteiger partial charge in [-0.2, -0.15) is 15.4 Å². The second kappa shape index (κ2) is 10.8. The number of halogens is 1. The Hall–Kier alpha value is -3.85. The van der Waals surface area contributed by atoms with Crippen LogP contribution in [0.2, 0.25) is 5.02 Å². The van der Waals surface area contributed by atoms with E-state index in [1.807, 2.05) is 0 Å². The van der Waals surface area contributed by atoms with Gasteiger partial charge in [-0.25, -0.2) is 4.98 Å². The monoisotopic (exact) mass is 478 g/mol. The van der Waals surface area contributed by atoms with E-state index < -0.39 is 0 Å². The van der Waals surface area contributed by atoms with Crippen LogP contribution in [0, 0.1) is 0 Å². The van der Waals surface area contributed by atoms with Crippen molar-refractivity contribution >= 4 is 34.3 Å². The molecule has 0 saturated heterocycles. The molecule has 2 N–H and O–H groups in total. The molecular formula is C24H23ClN6O3. The van der Waals surface area contributed by atoms with Gasteiger partial charge < -0.3 is 5.32 Å². The molecule has 0 aliphatic carbocycles. The fourth-order valence-electron chi connectivity index (χ4n) is 3.50. The summed E-state index contributed by atoms with van der Waals surface area (Å²) < 4.78 is 1.31. The maximum Gasteiger partial charge on any atom is 0.254 e. The highest BCUT2D eigenvalue weighted by Crippen LogP contribution is 2.18. The summed E-state index contributed by atoms with van der Waals surface area (Å²) >= 11 is 5.89. The second-order valence-corrected chi connectivity index (χ2v) is 8.32. The highest BCUT2D eigenvalue weighted by Gasteiger charge is 2.09. The lowest BCUT2D eigenvalue weighted by atomic mass is 10.1. The number of nitrogens with zero attached hydrogens (tertiary/aromatic N) is 4. The van der Waals surface area contributed by atoms with Gasteiger partial charge in [0.15, 0.2) is 5.78 Å². The fourth-order valence-corrected chi connectivity index (χ4v) is 3.63. The van der Waals surface area contributed by atoms with Crippen LogP contribution < -0.4 is 10.9 Å². The predicted octanol–water partition coefficient (Wildman–Crippen LogP) is 3.39. The molecule has 2 aromatic heterocycles. The Bertz CT molecular complexity index is 1360. The minimum Gasteiger partial charge on any atom is -0.352 e. The molecule has 2 aromatic carbocycles. The van der Waals surface area contributed by atoms with E-state index in [4.69, 9.17) is 11.6 Å². The molecule has 10 heteroatoms. The average molecular weight is 479 g/mol. The Labute approximate surface area is 200 Å². The van der Waals surface area contributed by atoms with Crippen molar-refractivity contribution in [2.75, 3.05) is 6.54 Å². The van der Waals surface area contributed by atoms with Crippen molar-refractivity contribution < 1.29 is 9.59 Å². The van der Waals surface area contributed by atoms with E-state index in [-0.39, 0.29) is 23.8 Å². The first-order valence-corrected chi connectivity index (χ1v) is 11.3. The Morgan fingerprint density at radius 2 is 1.76 bits per heavy atom. The number of amides is 1. The van der Waals surface area contributed by atoms with Gasteiger partial charge in [0.2, 0.25) is 0 Å². The Balaban J connectivity index is 1.17. The van der Waals surface area contributed by atoms with E-state index in [1.54, 1.807) is 42.5 Å². The molecule has 4 aromatic rings. The Morgan fingerprint density at radius 1 is 0.971 bits per heavy atom. The molecule has 0 fully saturated rings. The van der Waals surface area contributed by atoms with Crippen molar-refractivity contribution in [2.24, 2.45) is 0 Å². The van der Waals surface area contributed by atoms with Crippen molar-refractivity contribution in [3.8, 4) is 11.3 Å². The molecule has 0 atom stereocenters. The van der Waals surface area contributed by atoms with E-state index in [0.29, 0.717) is 46.7 Å². The average Bonchev–Trinajstić information content (AvgIpc) is 3.31. The molecular weight excluding hydrogens is 456 g/mol. The lowest BCUT2D eigenvalue weighted by Crippen LogP contribution is -2.24. The highest BCUT2D eigenvalue weighted by atomic mass is 35.5. The number of hydrogen-bond acceptors (Lipinski definition) is 6. The molecule has 0 saturated carbocycles. The molecule has 0 radical (unpaired) electrons. The molecule has 2 heterocycles.